The van der Waals surface area contributed by atoms with Crippen LogP contribution < -0.4 is 5.73 Å². The van der Waals surface area contributed by atoms with E-state index in [9.17, 15) is 0 Å². The molecule has 2 heterocycles. The molecule has 2 N–H and O–H groups in total. The van der Waals surface area contributed by atoms with Gasteiger partial charge in [0.2, 0.25) is 0 Å². The van der Waals surface area contributed by atoms with Gasteiger partial charge in [-0.1, -0.05) is 13.8 Å². The minimum absolute atomic E-state index is 0.464. The van der Waals surface area contributed by atoms with Gasteiger partial charge in [0.1, 0.15) is 18.7 Å². The lowest BCUT2D eigenvalue weighted by Crippen LogP contribution is -2.13. The van der Waals surface area contributed by atoms with Crippen LogP contribution in [0.15, 0.2) is 18.6 Å². The Bertz CT molecular complexity index is 470. The summed E-state index contributed by atoms with van der Waals surface area (Å²) in [5.41, 5.74) is 6.41. The molecule has 0 bridgehead atoms. The number of hydrogen-bond donors (Lipinski definition) is 1. The monoisotopic (exact) mass is 234 g/mol. The predicted molar refractivity (Wildman–Crippen MR) is 64.1 cm³/mol. The molecule has 17 heavy (non-hydrogen) atoms. The molecule has 2 aromatic rings. The Morgan fingerprint density at radius 1 is 1.41 bits per heavy atom. The molecule has 0 aliphatic rings. The molecular formula is C11H18N6. The minimum atomic E-state index is 0.464. The van der Waals surface area contributed by atoms with Crippen LogP contribution in [-0.4, -0.2) is 24.5 Å². The largest absolute Gasteiger partial charge is 0.325 e. The summed E-state index contributed by atoms with van der Waals surface area (Å²) in [6.45, 7) is 6.29. The lowest BCUT2D eigenvalue weighted by atomic mass is 10.2. The van der Waals surface area contributed by atoms with Crippen LogP contribution in [0.3, 0.4) is 0 Å². The summed E-state index contributed by atoms with van der Waals surface area (Å²) in [5, 5.41) is 8.55. The van der Waals surface area contributed by atoms with Crippen molar-refractivity contribution in [1.82, 2.24) is 24.5 Å². The Kier molecular flexibility index (Phi) is 3.53. The maximum Gasteiger partial charge on any atom is 0.148 e. The number of hydrogen-bond acceptors (Lipinski definition) is 4. The highest BCUT2D eigenvalue weighted by molar-refractivity contribution is 4.99. The van der Waals surface area contributed by atoms with Crippen LogP contribution in [0.25, 0.3) is 0 Å². The van der Waals surface area contributed by atoms with Gasteiger partial charge in [-0.3, -0.25) is 4.68 Å². The maximum absolute atomic E-state index is 5.52. The van der Waals surface area contributed by atoms with E-state index >= 15 is 0 Å². The molecule has 0 aromatic carbocycles. The Morgan fingerprint density at radius 2 is 2.24 bits per heavy atom. The summed E-state index contributed by atoms with van der Waals surface area (Å²) < 4.78 is 3.76. The van der Waals surface area contributed by atoms with Crippen molar-refractivity contribution in [3.63, 3.8) is 0 Å². The summed E-state index contributed by atoms with van der Waals surface area (Å²) in [5.74, 6) is 1.47. The van der Waals surface area contributed by atoms with Crippen LogP contribution in [0.1, 0.15) is 25.4 Å². The average molecular weight is 234 g/mol. The summed E-state index contributed by atoms with van der Waals surface area (Å²) in [6, 6.07) is 1.92. The molecule has 0 saturated carbocycles. The van der Waals surface area contributed by atoms with E-state index in [0.717, 1.165) is 18.1 Å². The first-order valence-corrected chi connectivity index (χ1v) is 5.78. The van der Waals surface area contributed by atoms with Crippen molar-refractivity contribution in [3.8, 4) is 0 Å². The van der Waals surface area contributed by atoms with Gasteiger partial charge in [-0.15, -0.1) is 0 Å². The Balaban J connectivity index is 2.10. The van der Waals surface area contributed by atoms with Gasteiger partial charge in [0.15, 0.2) is 0 Å². The van der Waals surface area contributed by atoms with Crippen LogP contribution >= 0.6 is 0 Å². The Hall–Kier alpha value is -1.69. The van der Waals surface area contributed by atoms with Gasteiger partial charge >= 0.3 is 0 Å². The van der Waals surface area contributed by atoms with Gasteiger partial charge in [0.25, 0.3) is 0 Å². The summed E-state index contributed by atoms with van der Waals surface area (Å²) in [4.78, 5) is 4.26. The molecule has 0 radical (unpaired) electrons. The van der Waals surface area contributed by atoms with E-state index in [-0.39, 0.29) is 0 Å². The molecule has 0 spiro atoms. The first-order valence-electron chi connectivity index (χ1n) is 5.78. The van der Waals surface area contributed by atoms with Crippen molar-refractivity contribution in [1.29, 1.82) is 0 Å². The molecule has 0 aliphatic carbocycles. The van der Waals surface area contributed by atoms with Crippen molar-refractivity contribution in [2.45, 2.75) is 33.5 Å². The van der Waals surface area contributed by atoms with Gasteiger partial charge in [-0.25, -0.2) is 9.67 Å². The fourth-order valence-electron chi connectivity index (χ4n) is 1.65. The number of nitrogens with two attached hydrogens (primary N) is 1. The Labute approximate surface area is 100 Å². The number of nitrogens with zero attached hydrogens (tertiary/aromatic N) is 5. The van der Waals surface area contributed by atoms with E-state index in [4.69, 9.17) is 5.73 Å². The van der Waals surface area contributed by atoms with E-state index in [2.05, 4.69) is 29.0 Å². The second-order valence-corrected chi connectivity index (χ2v) is 4.46. The van der Waals surface area contributed by atoms with Gasteiger partial charge in [0, 0.05) is 19.3 Å². The van der Waals surface area contributed by atoms with Crippen molar-refractivity contribution in [2.75, 3.05) is 0 Å². The average Bonchev–Trinajstić information content (AvgIpc) is 2.89. The second-order valence-electron chi connectivity index (χ2n) is 4.46. The van der Waals surface area contributed by atoms with Crippen molar-refractivity contribution < 1.29 is 0 Å². The molecule has 0 aliphatic heterocycles. The van der Waals surface area contributed by atoms with Gasteiger partial charge < -0.3 is 5.73 Å². The standard InChI is InChI=1S/C11H18N6/c1-9(2)6-17-11(13-8-14-17)7-16-4-3-10(5-12)15-16/h3-4,8-9H,5-7,12H2,1-2H3. The van der Waals surface area contributed by atoms with Gasteiger partial charge in [-0.2, -0.15) is 10.2 Å². The zero-order chi connectivity index (χ0) is 12.3. The van der Waals surface area contributed by atoms with Crippen LogP contribution in [0.4, 0.5) is 0 Å². The molecule has 92 valence electrons. The fraction of sp³-hybridized carbons (Fsp3) is 0.545. The molecule has 6 nitrogen and oxygen atoms in total. The molecule has 0 unspecified atom stereocenters. The smallest absolute Gasteiger partial charge is 0.148 e. The first kappa shape index (κ1) is 11.8. The van der Waals surface area contributed by atoms with Crippen LogP contribution in [0.2, 0.25) is 0 Å². The summed E-state index contributed by atoms with van der Waals surface area (Å²) in [7, 11) is 0. The van der Waals surface area contributed by atoms with Crippen molar-refractivity contribution in [2.24, 2.45) is 11.7 Å². The normalized spacial score (nSPS) is 11.3. The Morgan fingerprint density at radius 3 is 2.88 bits per heavy atom. The van der Waals surface area contributed by atoms with E-state index in [1.165, 1.54) is 0 Å². The molecule has 0 fully saturated rings. The number of aromatic nitrogens is 5. The summed E-state index contributed by atoms with van der Waals surface area (Å²) in [6.07, 6.45) is 3.50. The van der Waals surface area contributed by atoms with Crippen molar-refractivity contribution >= 4 is 0 Å². The van der Waals surface area contributed by atoms with E-state index in [1.54, 1.807) is 6.33 Å². The summed E-state index contributed by atoms with van der Waals surface area (Å²) >= 11 is 0. The van der Waals surface area contributed by atoms with E-state index < -0.39 is 0 Å². The zero-order valence-corrected chi connectivity index (χ0v) is 10.2. The molecule has 6 heteroatoms. The topological polar surface area (TPSA) is 74.5 Å². The lowest BCUT2D eigenvalue weighted by molar-refractivity contribution is 0.456. The third kappa shape index (κ3) is 2.91. The van der Waals surface area contributed by atoms with E-state index in [0.29, 0.717) is 19.0 Å². The van der Waals surface area contributed by atoms with Crippen LogP contribution in [-0.2, 0) is 19.6 Å². The highest BCUT2D eigenvalue weighted by Gasteiger charge is 2.07. The zero-order valence-electron chi connectivity index (χ0n) is 10.2. The van der Waals surface area contributed by atoms with Crippen molar-refractivity contribution in [3.05, 3.63) is 30.1 Å². The predicted octanol–water partition coefficient (Wildman–Crippen LogP) is 0.638. The molecule has 0 saturated heterocycles. The minimum Gasteiger partial charge on any atom is -0.325 e. The van der Waals surface area contributed by atoms with Crippen LogP contribution in [0, 0.1) is 5.92 Å². The highest BCUT2D eigenvalue weighted by Crippen LogP contribution is 2.03. The molecule has 0 amide bonds. The lowest BCUT2D eigenvalue weighted by Gasteiger charge is -2.08. The number of rotatable bonds is 5. The van der Waals surface area contributed by atoms with E-state index in [1.807, 2.05) is 21.6 Å². The SMILES string of the molecule is CC(C)Cn1ncnc1Cn1ccc(CN)n1. The van der Waals surface area contributed by atoms with Gasteiger partial charge in [-0.05, 0) is 12.0 Å². The second kappa shape index (κ2) is 5.09. The first-order chi connectivity index (χ1) is 8.19. The highest BCUT2D eigenvalue weighted by atomic mass is 15.4. The molecule has 2 rings (SSSR count). The third-order valence-corrected chi connectivity index (χ3v) is 2.44. The maximum atomic E-state index is 5.52. The third-order valence-electron chi connectivity index (χ3n) is 2.44. The quantitative estimate of drug-likeness (QED) is 0.823. The molecule has 0 atom stereocenters. The van der Waals surface area contributed by atoms with Crippen LogP contribution in [0.5, 0.6) is 0 Å². The molecular weight excluding hydrogens is 216 g/mol. The molecule has 2 aromatic heterocycles. The fourth-order valence-corrected chi connectivity index (χ4v) is 1.65. The van der Waals surface area contributed by atoms with Gasteiger partial charge in [0.05, 0.1) is 5.69 Å².